The Morgan fingerprint density at radius 1 is 1.50 bits per heavy atom. The summed E-state index contributed by atoms with van der Waals surface area (Å²) in [7, 11) is 0. The number of hydrogen-bond acceptors (Lipinski definition) is 2. The summed E-state index contributed by atoms with van der Waals surface area (Å²) in [5.74, 6) is 1.08. The summed E-state index contributed by atoms with van der Waals surface area (Å²) in [6.07, 6.45) is 2.40. The van der Waals surface area contributed by atoms with E-state index in [4.69, 9.17) is 10.5 Å². The van der Waals surface area contributed by atoms with E-state index in [-0.39, 0.29) is 5.54 Å². The lowest BCUT2D eigenvalue weighted by atomic mass is 9.75. The van der Waals surface area contributed by atoms with Gasteiger partial charge in [0.2, 0.25) is 0 Å². The van der Waals surface area contributed by atoms with Crippen LogP contribution in [0.3, 0.4) is 0 Å². The Labute approximate surface area is 75.5 Å². The van der Waals surface area contributed by atoms with Gasteiger partial charge in [-0.25, -0.2) is 0 Å². The molecule has 0 aromatic rings. The van der Waals surface area contributed by atoms with Crippen LogP contribution in [0.4, 0.5) is 0 Å². The molecule has 1 rings (SSSR count). The molecule has 1 fully saturated rings. The molecule has 0 aromatic heterocycles. The maximum absolute atomic E-state index is 6.25. The lowest BCUT2D eigenvalue weighted by molar-refractivity contribution is 0.0137. The Balaban J connectivity index is 2.53. The van der Waals surface area contributed by atoms with Crippen LogP contribution < -0.4 is 5.73 Å². The van der Waals surface area contributed by atoms with Crippen molar-refractivity contribution in [1.29, 1.82) is 0 Å². The van der Waals surface area contributed by atoms with E-state index in [0.717, 1.165) is 13.2 Å². The number of rotatable bonds is 2. The number of nitrogens with two attached hydrogens (primary N) is 1. The van der Waals surface area contributed by atoms with Gasteiger partial charge in [0.1, 0.15) is 0 Å². The van der Waals surface area contributed by atoms with Crippen LogP contribution in [0.25, 0.3) is 0 Å². The Bertz CT molecular complexity index is 137. The molecule has 1 aliphatic rings. The molecule has 2 unspecified atom stereocenters. The van der Waals surface area contributed by atoms with Gasteiger partial charge in [0, 0.05) is 18.1 Å². The average Bonchev–Trinajstić information content (AvgIpc) is 2.06. The average molecular weight is 171 g/mol. The summed E-state index contributed by atoms with van der Waals surface area (Å²) in [6, 6.07) is 0. The fraction of sp³-hybridized carbons (Fsp3) is 1.00. The van der Waals surface area contributed by atoms with Crippen LogP contribution in [0, 0.1) is 11.8 Å². The molecule has 0 bridgehead atoms. The van der Waals surface area contributed by atoms with Gasteiger partial charge in [-0.15, -0.1) is 0 Å². The third kappa shape index (κ3) is 1.99. The molecule has 2 atom stereocenters. The molecule has 0 aliphatic carbocycles. The second-order valence-electron chi connectivity index (χ2n) is 4.43. The predicted molar refractivity (Wildman–Crippen MR) is 51.0 cm³/mol. The molecule has 72 valence electrons. The van der Waals surface area contributed by atoms with Crippen molar-refractivity contribution in [2.45, 2.75) is 39.2 Å². The van der Waals surface area contributed by atoms with Crippen LogP contribution in [-0.2, 0) is 4.74 Å². The van der Waals surface area contributed by atoms with Gasteiger partial charge in [0.25, 0.3) is 0 Å². The summed E-state index contributed by atoms with van der Waals surface area (Å²) in [4.78, 5) is 0. The van der Waals surface area contributed by atoms with Crippen LogP contribution in [0.1, 0.15) is 33.6 Å². The molecule has 2 nitrogen and oxygen atoms in total. The first-order valence-electron chi connectivity index (χ1n) is 4.91. The van der Waals surface area contributed by atoms with Crippen molar-refractivity contribution in [2.24, 2.45) is 17.6 Å². The Kier molecular flexibility index (Phi) is 3.13. The van der Waals surface area contributed by atoms with E-state index in [1.54, 1.807) is 0 Å². The smallest absolute Gasteiger partial charge is 0.0511 e. The third-order valence-corrected chi connectivity index (χ3v) is 3.28. The zero-order chi connectivity index (χ0) is 9.19. The monoisotopic (exact) mass is 171 g/mol. The first kappa shape index (κ1) is 10.0. The third-order valence-electron chi connectivity index (χ3n) is 3.28. The van der Waals surface area contributed by atoms with Gasteiger partial charge in [-0.05, 0) is 25.7 Å². The molecule has 0 radical (unpaired) electrons. The summed E-state index contributed by atoms with van der Waals surface area (Å²) >= 11 is 0. The van der Waals surface area contributed by atoms with E-state index in [9.17, 15) is 0 Å². The van der Waals surface area contributed by atoms with Gasteiger partial charge in [-0.2, -0.15) is 0 Å². The lowest BCUT2D eigenvalue weighted by Gasteiger charge is -2.39. The zero-order valence-electron chi connectivity index (χ0n) is 8.47. The molecule has 0 spiro atoms. The Hall–Kier alpha value is -0.0800. The van der Waals surface area contributed by atoms with Crippen LogP contribution >= 0.6 is 0 Å². The number of hydrogen-bond donors (Lipinski definition) is 1. The van der Waals surface area contributed by atoms with Crippen molar-refractivity contribution in [3.63, 3.8) is 0 Å². The van der Waals surface area contributed by atoms with Crippen molar-refractivity contribution in [1.82, 2.24) is 0 Å². The highest BCUT2D eigenvalue weighted by Crippen LogP contribution is 2.29. The Morgan fingerprint density at radius 2 is 2.17 bits per heavy atom. The predicted octanol–water partition coefficient (Wildman–Crippen LogP) is 1.79. The second kappa shape index (κ2) is 3.75. The van der Waals surface area contributed by atoms with Crippen LogP contribution in [0.15, 0.2) is 0 Å². The summed E-state index contributed by atoms with van der Waals surface area (Å²) in [5.41, 5.74) is 6.20. The molecule has 1 aliphatic heterocycles. The van der Waals surface area contributed by atoms with E-state index in [0.29, 0.717) is 11.8 Å². The minimum absolute atomic E-state index is 0.0551. The summed E-state index contributed by atoms with van der Waals surface area (Å²) in [6.45, 7) is 8.30. The van der Waals surface area contributed by atoms with Crippen LogP contribution in [-0.4, -0.2) is 18.8 Å². The minimum Gasteiger partial charge on any atom is -0.381 e. The van der Waals surface area contributed by atoms with E-state index < -0.39 is 0 Å². The summed E-state index contributed by atoms with van der Waals surface area (Å²) in [5, 5.41) is 0. The van der Waals surface area contributed by atoms with E-state index in [1.165, 1.54) is 12.8 Å². The number of ether oxygens (including phenoxy) is 1. The highest BCUT2D eigenvalue weighted by atomic mass is 16.5. The van der Waals surface area contributed by atoms with Crippen LogP contribution in [0.2, 0.25) is 0 Å². The van der Waals surface area contributed by atoms with Crippen molar-refractivity contribution >= 4 is 0 Å². The molecule has 2 heteroatoms. The normalized spacial score (nSPS) is 30.2. The fourth-order valence-corrected chi connectivity index (χ4v) is 1.70. The van der Waals surface area contributed by atoms with Crippen molar-refractivity contribution in [3.05, 3.63) is 0 Å². The highest BCUT2D eigenvalue weighted by molar-refractivity contribution is 4.90. The molecular formula is C10H21NO. The largest absolute Gasteiger partial charge is 0.381 e. The lowest BCUT2D eigenvalue weighted by Crippen LogP contribution is -2.51. The van der Waals surface area contributed by atoms with Gasteiger partial charge in [0.15, 0.2) is 0 Å². The fourth-order valence-electron chi connectivity index (χ4n) is 1.70. The first-order valence-corrected chi connectivity index (χ1v) is 4.91. The van der Waals surface area contributed by atoms with Crippen molar-refractivity contribution in [2.75, 3.05) is 13.2 Å². The van der Waals surface area contributed by atoms with Gasteiger partial charge >= 0.3 is 0 Å². The van der Waals surface area contributed by atoms with Gasteiger partial charge in [-0.1, -0.05) is 13.8 Å². The molecule has 2 N–H and O–H groups in total. The SMILES string of the molecule is CC(C)C(C)(N)C1CCCOC1. The van der Waals surface area contributed by atoms with Gasteiger partial charge < -0.3 is 10.5 Å². The molecule has 12 heavy (non-hydrogen) atoms. The molecule has 0 saturated carbocycles. The maximum Gasteiger partial charge on any atom is 0.0511 e. The van der Waals surface area contributed by atoms with E-state index in [1.807, 2.05) is 0 Å². The topological polar surface area (TPSA) is 35.2 Å². The highest BCUT2D eigenvalue weighted by Gasteiger charge is 2.34. The van der Waals surface area contributed by atoms with Crippen molar-refractivity contribution < 1.29 is 4.74 Å². The Morgan fingerprint density at radius 3 is 2.58 bits per heavy atom. The molecule has 0 amide bonds. The zero-order valence-corrected chi connectivity index (χ0v) is 8.47. The minimum atomic E-state index is -0.0551. The van der Waals surface area contributed by atoms with E-state index >= 15 is 0 Å². The molecule has 0 aromatic carbocycles. The summed E-state index contributed by atoms with van der Waals surface area (Å²) < 4.78 is 5.44. The van der Waals surface area contributed by atoms with Crippen LogP contribution in [0.5, 0.6) is 0 Å². The second-order valence-corrected chi connectivity index (χ2v) is 4.43. The van der Waals surface area contributed by atoms with Gasteiger partial charge in [0.05, 0.1) is 6.61 Å². The molecule has 1 saturated heterocycles. The van der Waals surface area contributed by atoms with Gasteiger partial charge in [-0.3, -0.25) is 0 Å². The maximum atomic E-state index is 6.25. The van der Waals surface area contributed by atoms with Crippen molar-refractivity contribution in [3.8, 4) is 0 Å². The molecular weight excluding hydrogens is 150 g/mol. The quantitative estimate of drug-likeness (QED) is 0.687. The van der Waals surface area contributed by atoms with E-state index in [2.05, 4.69) is 20.8 Å². The molecule has 1 heterocycles. The first-order chi connectivity index (χ1) is 5.55. The standard InChI is InChI=1S/C10H21NO/c1-8(2)10(3,11)9-5-4-6-12-7-9/h8-9H,4-7,11H2,1-3H3.